The molecule has 0 unspecified atom stereocenters. The summed E-state index contributed by atoms with van der Waals surface area (Å²) < 4.78 is 0. The maximum absolute atomic E-state index is 5.87. The van der Waals surface area contributed by atoms with Crippen molar-refractivity contribution in [2.45, 2.75) is 19.5 Å². The summed E-state index contributed by atoms with van der Waals surface area (Å²) in [5.41, 5.74) is 1.25. The smallest absolute Gasteiger partial charge is 0.0516 e. The van der Waals surface area contributed by atoms with Crippen LogP contribution in [0.3, 0.4) is 0 Å². The van der Waals surface area contributed by atoms with Crippen LogP contribution in [0.1, 0.15) is 23.4 Å². The molecule has 0 aliphatic heterocycles. The highest BCUT2D eigenvalue weighted by molar-refractivity contribution is 7.10. The summed E-state index contributed by atoms with van der Waals surface area (Å²) in [6.07, 6.45) is 3.63. The standard InChI is InChI=1S/C12H13ClN2S/c1-9(10-2-4-14-5-3-10)15-7-12-6-11(13)8-16-12/h2-6,8-9,15H,7H2,1H3/t9-/m0/s1. The lowest BCUT2D eigenvalue weighted by atomic mass is 10.1. The van der Waals surface area contributed by atoms with Crippen molar-refractivity contribution in [3.8, 4) is 0 Å². The molecule has 0 bridgehead atoms. The van der Waals surface area contributed by atoms with Gasteiger partial charge < -0.3 is 5.32 Å². The Morgan fingerprint density at radius 3 is 2.81 bits per heavy atom. The summed E-state index contributed by atoms with van der Waals surface area (Å²) in [6, 6.07) is 6.38. The van der Waals surface area contributed by atoms with E-state index in [4.69, 9.17) is 11.6 Å². The molecule has 0 amide bonds. The average Bonchev–Trinajstić information content (AvgIpc) is 2.73. The Hall–Kier alpha value is -0.900. The number of rotatable bonds is 4. The van der Waals surface area contributed by atoms with Gasteiger partial charge in [0.25, 0.3) is 0 Å². The summed E-state index contributed by atoms with van der Waals surface area (Å²) in [5.74, 6) is 0. The molecule has 4 heteroatoms. The highest BCUT2D eigenvalue weighted by Gasteiger charge is 2.04. The minimum absolute atomic E-state index is 0.323. The molecule has 0 aliphatic rings. The van der Waals surface area contributed by atoms with E-state index >= 15 is 0 Å². The first kappa shape index (κ1) is 11.6. The fourth-order valence-corrected chi connectivity index (χ4v) is 2.49. The Balaban J connectivity index is 1.91. The second kappa shape index (κ2) is 5.43. The van der Waals surface area contributed by atoms with Crippen LogP contribution in [0, 0.1) is 0 Å². The van der Waals surface area contributed by atoms with Gasteiger partial charge in [-0.25, -0.2) is 0 Å². The topological polar surface area (TPSA) is 24.9 Å². The van der Waals surface area contributed by atoms with Gasteiger partial charge in [-0.05, 0) is 30.7 Å². The van der Waals surface area contributed by atoms with Gasteiger partial charge in [-0.3, -0.25) is 4.98 Å². The highest BCUT2D eigenvalue weighted by atomic mass is 35.5. The Morgan fingerprint density at radius 2 is 2.19 bits per heavy atom. The third-order valence-electron chi connectivity index (χ3n) is 2.41. The molecule has 0 aromatic carbocycles. The van der Waals surface area contributed by atoms with Gasteiger partial charge in [0.05, 0.1) is 5.02 Å². The summed E-state index contributed by atoms with van der Waals surface area (Å²) in [4.78, 5) is 5.26. The van der Waals surface area contributed by atoms with Crippen LogP contribution in [-0.4, -0.2) is 4.98 Å². The molecule has 0 aliphatic carbocycles. The Morgan fingerprint density at radius 1 is 1.44 bits per heavy atom. The normalized spacial score (nSPS) is 12.6. The van der Waals surface area contributed by atoms with Crippen LogP contribution in [0.2, 0.25) is 5.02 Å². The van der Waals surface area contributed by atoms with Crippen molar-refractivity contribution in [2.24, 2.45) is 0 Å². The van der Waals surface area contributed by atoms with Crippen LogP contribution in [0.25, 0.3) is 0 Å². The maximum Gasteiger partial charge on any atom is 0.0516 e. The molecule has 0 spiro atoms. The van der Waals surface area contributed by atoms with E-state index in [0.717, 1.165) is 11.6 Å². The molecule has 0 fully saturated rings. The summed E-state index contributed by atoms with van der Waals surface area (Å²) in [7, 11) is 0. The van der Waals surface area contributed by atoms with E-state index in [2.05, 4.69) is 17.2 Å². The Labute approximate surface area is 104 Å². The molecule has 1 N–H and O–H groups in total. The Kier molecular flexibility index (Phi) is 3.93. The van der Waals surface area contributed by atoms with E-state index in [0.29, 0.717) is 6.04 Å². The third kappa shape index (κ3) is 3.04. The average molecular weight is 253 g/mol. The number of halogens is 1. The SMILES string of the molecule is C[C@H](NCc1cc(Cl)cs1)c1ccncc1. The number of pyridine rings is 1. The molecular formula is C12H13ClN2S. The van der Waals surface area contributed by atoms with Crippen LogP contribution >= 0.6 is 22.9 Å². The van der Waals surface area contributed by atoms with Crippen molar-refractivity contribution >= 4 is 22.9 Å². The first-order valence-corrected chi connectivity index (χ1v) is 6.37. The number of aromatic nitrogens is 1. The fraction of sp³-hybridized carbons (Fsp3) is 0.250. The number of thiophene rings is 1. The van der Waals surface area contributed by atoms with Crippen LogP contribution in [0.4, 0.5) is 0 Å². The second-order valence-electron chi connectivity index (χ2n) is 3.61. The van der Waals surface area contributed by atoms with E-state index in [1.54, 1.807) is 11.3 Å². The molecule has 0 saturated carbocycles. The predicted molar refractivity (Wildman–Crippen MR) is 68.8 cm³/mol. The number of nitrogens with one attached hydrogen (secondary N) is 1. The highest BCUT2D eigenvalue weighted by Crippen LogP contribution is 2.20. The van der Waals surface area contributed by atoms with Gasteiger partial charge >= 0.3 is 0 Å². The quantitative estimate of drug-likeness (QED) is 0.899. The lowest BCUT2D eigenvalue weighted by Crippen LogP contribution is -2.17. The van der Waals surface area contributed by atoms with Crippen LogP contribution in [0.5, 0.6) is 0 Å². The van der Waals surface area contributed by atoms with Crippen molar-refractivity contribution in [1.29, 1.82) is 0 Å². The molecule has 2 rings (SSSR count). The van der Waals surface area contributed by atoms with Gasteiger partial charge in [-0.1, -0.05) is 11.6 Å². The minimum Gasteiger partial charge on any atom is -0.305 e. The van der Waals surface area contributed by atoms with Gasteiger partial charge in [-0.2, -0.15) is 0 Å². The van der Waals surface area contributed by atoms with Gasteiger partial charge in [0.1, 0.15) is 0 Å². The van der Waals surface area contributed by atoms with Gasteiger partial charge in [0.15, 0.2) is 0 Å². The van der Waals surface area contributed by atoms with Crippen molar-refractivity contribution < 1.29 is 0 Å². The summed E-state index contributed by atoms with van der Waals surface area (Å²) in [6.45, 7) is 2.99. The summed E-state index contributed by atoms with van der Waals surface area (Å²) >= 11 is 7.55. The van der Waals surface area contributed by atoms with E-state index < -0.39 is 0 Å². The number of hydrogen-bond acceptors (Lipinski definition) is 3. The first-order valence-electron chi connectivity index (χ1n) is 5.12. The molecule has 84 valence electrons. The van der Waals surface area contributed by atoms with Gasteiger partial charge in [0.2, 0.25) is 0 Å². The molecular weight excluding hydrogens is 240 g/mol. The third-order valence-corrected chi connectivity index (χ3v) is 3.69. The Bertz CT molecular complexity index is 441. The zero-order chi connectivity index (χ0) is 11.4. The predicted octanol–water partition coefficient (Wildman–Crippen LogP) is 3.65. The molecule has 2 heterocycles. The molecule has 0 saturated heterocycles. The lowest BCUT2D eigenvalue weighted by Gasteiger charge is -2.12. The van der Waals surface area contributed by atoms with Crippen LogP contribution in [-0.2, 0) is 6.54 Å². The maximum atomic E-state index is 5.87. The lowest BCUT2D eigenvalue weighted by molar-refractivity contribution is 0.578. The minimum atomic E-state index is 0.323. The summed E-state index contributed by atoms with van der Waals surface area (Å²) in [5, 5.41) is 6.22. The van der Waals surface area contributed by atoms with Crippen molar-refractivity contribution in [1.82, 2.24) is 10.3 Å². The number of hydrogen-bond donors (Lipinski definition) is 1. The van der Waals surface area contributed by atoms with Gasteiger partial charge in [-0.15, -0.1) is 11.3 Å². The van der Waals surface area contributed by atoms with Crippen LogP contribution < -0.4 is 5.32 Å². The fourth-order valence-electron chi connectivity index (χ4n) is 1.47. The van der Waals surface area contributed by atoms with E-state index in [1.165, 1.54) is 10.4 Å². The van der Waals surface area contributed by atoms with Crippen molar-refractivity contribution in [3.63, 3.8) is 0 Å². The largest absolute Gasteiger partial charge is 0.305 e. The molecule has 0 radical (unpaired) electrons. The number of nitrogens with zero attached hydrogens (tertiary/aromatic N) is 1. The van der Waals surface area contributed by atoms with E-state index in [-0.39, 0.29) is 0 Å². The zero-order valence-corrected chi connectivity index (χ0v) is 10.6. The zero-order valence-electron chi connectivity index (χ0n) is 8.98. The molecule has 2 aromatic heterocycles. The van der Waals surface area contributed by atoms with E-state index in [9.17, 15) is 0 Å². The first-order chi connectivity index (χ1) is 7.75. The molecule has 2 aromatic rings. The van der Waals surface area contributed by atoms with Gasteiger partial charge in [0, 0.05) is 35.2 Å². The van der Waals surface area contributed by atoms with Crippen molar-refractivity contribution in [2.75, 3.05) is 0 Å². The molecule has 2 nitrogen and oxygen atoms in total. The monoisotopic (exact) mass is 252 g/mol. The van der Waals surface area contributed by atoms with Crippen molar-refractivity contribution in [3.05, 3.63) is 51.4 Å². The second-order valence-corrected chi connectivity index (χ2v) is 5.05. The molecule has 1 atom stereocenters. The van der Waals surface area contributed by atoms with Crippen LogP contribution in [0.15, 0.2) is 36.0 Å². The molecule has 16 heavy (non-hydrogen) atoms. The van der Waals surface area contributed by atoms with E-state index in [1.807, 2.05) is 36.0 Å².